The predicted octanol–water partition coefficient (Wildman–Crippen LogP) is 1.96. The maximum Gasteiger partial charge on any atom is 0.321 e. The number of carbonyl (C=O) groups excluding carboxylic acids is 1. The molecule has 8 nitrogen and oxygen atoms in total. The molecule has 0 radical (unpaired) electrons. The zero-order chi connectivity index (χ0) is 18.7. The van der Waals surface area contributed by atoms with Gasteiger partial charge in [0.15, 0.2) is 5.03 Å². The van der Waals surface area contributed by atoms with Gasteiger partial charge in [-0.05, 0) is 43.5 Å². The Morgan fingerprint density at radius 2 is 1.85 bits per heavy atom. The average molecular weight is 377 g/mol. The second kappa shape index (κ2) is 7.46. The second-order valence-electron chi connectivity index (χ2n) is 6.47. The Hall–Kier alpha value is -2.39. The molecule has 1 aliphatic heterocycles. The molecule has 0 bridgehead atoms. The van der Waals surface area contributed by atoms with Crippen LogP contribution in [-0.4, -0.2) is 59.8 Å². The number of nitrogens with one attached hydrogen (secondary N) is 2. The molecule has 0 unspecified atom stereocenters. The quantitative estimate of drug-likeness (QED) is 0.854. The van der Waals surface area contributed by atoms with Crippen molar-refractivity contribution in [2.24, 2.45) is 0 Å². The third-order valence-corrected chi connectivity index (χ3v) is 6.13. The number of nitrogens with zero attached hydrogens (tertiary/aromatic N) is 3. The van der Waals surface area contributed by atoms with E-state index in [1.807, 2.05) is 32.0 Å². The van der Waals surface area contributed by atoms with Gasteiger partial charge in [0.1, 0.15) is 0 Å². The molecule has 2 heterocycles. The zero-order valence-corrected chi connectivity index (χ0v) is 15.7. The number of H-pyrrole nitrogens is 1. The summed E-state index contributed by atoms with van der Waals surface area (Å²) in [6.07, 6.45) is 3.21. The number of anilines is 1. The van der Waals surface area contributed by atoms with Crippen molar-refractivity contribution in [1.29, 1.82) is 0 Å². The fraction of sp³-hybridized carbons (Fsp3) is 0.412. The van der Waals surface area contributed by atoms with Gasteiger partial charge in [-0.15, -0.1) is 0 Å². The van der Waals surface area contributed by atoms with Crippen LogP contribution in [0.4, 0.5) is 10.5 Å². The molecule has 1 fully saturated rings. The maximum absolute atomic E-state index is 12.6. The van der Waals surface area contributed by atoms with Gasteiger partial charge in [-0.3, -0.25) is 0 Å². The number of hydrogen-bond acceptors (Lipinski definition) is 4. The molecule has 2 aromatic rings. The summed E-state index contributed by atoms with van der Waals surface area (Å²) in [6, 6.07) is 5.66. The van der Waals surface area contributed by atoms with Crippen LogP contribution >= 0.6 is 0 Å². The van der Waals surface area contributed by atoms with Crippen LogP contribution in [-0.2, 0) is 10.0 Å². The lowest BCUT2D eigenvalue weighted by Crippen LogP contribution is -2.39. The Morgan fingerprint density at radius 3 is 2.50 bits per heavy atom. The Labute approximate surface area is 153 Å². The van der Waals surface area contributed by atoms with E-state index in [-0.39, 0.29) is 17.6 Å². The van der Waals surface area contributed by atoms with Crippen molar-refractivity contribution in [3.05, 3.63) is 41.9 Å². The molecule has 1 aromatic heterocycles. The average Bonchev–Trinajstić information content (AvgIpc) is 2.98. The molecular formula is C17H23N5O3S. The van der Waals surface area contributed by atoms with Crippen molar-refractivity contribution in [1.82, 2.24) is 19.2 Å². The molecule has 0 spiro atoms. The highest BCUT2D eigenvalue weighted by molar-refractivity contribution is 7.89. The molecule has 0 saturated carbocycles. The zero-order valence-electron chi connectivity index (χ0n) is 14.9. The SMILES string of the molecule is Cc1cc(C)cc(NC(=O)N2CCCN(S(=O)(=O)c3cnc[nH]3)CC2)c1. The van der Waals surface area contributed by atoms with Gasteiger partial charge >= 0.3 is 6.03 Å². The summed E-state index contributed by atoms with van der Waals surface area (Å²) in [6.45, 7) is 5.42. The highest BCUT2D eigenvalue weighted by atomic mass is 32.2. The number of hydrogen-bond donors (Lipinski definition) is 2. The number of aryl methyl sites for hydroxylation is 2. The molecule has 0 aliphatic carbocycles. The highest BCUT2D eigenvalue weighted by Crippen LogP contribution is 2.17. The van der Waals surface area contributed by atoms with Crippen molar-refractivity contribution in [2.45, 2.75) is 25.3 Å². The number of carbonyl (C=O) groups is 1. The van der Waals surface area contributed by atoms with Crippen LogP contribution in [0.15, 0.2) is 35.7 Å². The lowest BCUT2D eigenvalue weighted by molar-refractivity contribution is 0.214. The number of imidazole rings is 1. The number of urea groups is 1. The Balaban J connectivity index is 1.65. The van der Waals surface area contributed by atoms with Gasteiger partial charge in [0.05, 0.1) is 12.5 Å². The minimum atomic E-state index is -3.60. The van der Waals surface area contributed by atoms with Crippen molar-refractivity contribution < 1.29 is 13.2 Å². The summed E-state index contributed by atoms with van der Waals surface area (Å²) in [5.41, 5.74) is 2.90. The number of aromatic amines is 1. The molecule has 0 atom stereocenters. The largest absolute Gasteiger partial charge is 0.335 e. The van der Waals surface area contributed by atoms with E-state index < -0.39 is 10.0 Å². The van der Waals surface area contributed by atoms with Gasteiger partial charge in [0.25, 0.3) is 10.0 Å². The molecule has 2 amide bonds. The molecule has 140 valence electrons. The van der Waals surface area contributed by atoms with Gasteiger partial charge < -0.3 is 15.2 Å². The monoisotopic (exact) mass is 377 g/mol. The van der Waals surface area contributed by atoms with E-state index in [1.54, 1.807) is 4.90 Å². The maximum atomic E-state index is 12.6. The standard InChI is InChI=1S/C17H23N5O3S/c1-13-8-14(2)10-15(9-13)20-17(23)21-4-3-5-22(7-6-21)26(24,25)16-11-18-12-19-16/h8-12H,3-7H2,1-2H3,(H,18,19)(H,20,23). The van der Waals surface area contributed by atoms with E-state index in [1.165, 1.54) is 16.8 Å². The first kappa shape index (κ1) is 18.4. The molecule has 3 rings (SSSR count). The van der Waals surface area contributed by atoms with Crippen LogP contribution < -0.4 is 5.32 Å². The Morgan fingerprint density at radius 1 is 1.12 bits per heavy atom. The summed E-state index contributed by atoms with van der Waals surface area (Å²) < 4.78 is 26.6. The molecule has 26 heavy (non-hydrogen) atoms. The number of benzene rings is 1. The van der Waals surface area contributed by atoms with Crippen molar-refractivity contribution >= 4 is 21.7 Å². The van der Waals surface area contributed by atoms with Crippen LogP contribution in [0.2, 0.25) is 0 Å². The number of sulfonamides is 1. The first-order valence-electron chi connectivity index (χ1n) is 8.49. The van der Waals surface area contributed by atoms with Crippen LogP contribution in [0.1, 0.15) is 17.5 Å². The van der Waals surface area contributed by atoms with Gasteiger partial charge in [-0.25, -0.2) is 18.2 Å². The van der Waals surface area contributed by atoms with Gasteiger partial charge in [0, 0.05) is 31.9 Å². The normalized spacial score (nSPS) is 16.3. The lowest BCUT2D eigenvalue weighted by atomic mass is 10.1. The van der Waals surface area contributed by atoms with E-state index >= 15 is 0 Å². The molecular weight excluding hydrogens is 354 g/mol. The molecule has 1 aromatic carbocycles. The number of aromatic nitrogens is 2. The van der Waals surface area contributed by atoms with E-state index in [4.69, 9.17) is 0 Å². The number of rotatable bonds is 3. The molecule has 1 saturated heterocycles. The highest BCUT2D eigenvalue weighted by Gasteiger charge is 2.29. The van der Waals surface area contributed by atoms with Crippen LogP contribution in [0.25, 0.3) is 0 Å². The summed E-state index contributed by atoms with van der Waals surface area (Å²) in [5.74, 6) is 0. The van der Waals surface area contributed by atoms with E-state index in [9.17, 15) is 13.2 Å². The minimum Gasteiger partial charge on any atom is -0.335 e. The van der Waals surface area contributed by atoms with E-state index in [0.29, 0.717) is 26.1 Å². The topological polar surface area (TPSA) is 98.4 Å². The first-order chi connectivity index (χ1) is 12.4. The fourth-order valence-corrected chi connectivity index (χ4v) is 4.48. The number of amides is 2. The minimum absolute atomic E-state index is 0.0747. The summed E-state index contributed by atoms with van der Waals surface area (Å²) in [5, 5.41) is 2.98. The fourth-order valence-electron chi connectivity index (χ4n) is 3.11. The van der Waals surface area contributed by atoms with E-state index in [0.717, 1.165) is 16.8 Å². The predicted molar refractivity (Wildman–Crippen MR) is 98.5 cm³/mol. The van der Waals surface area contributed by atoms with Crippen LogP contribution in [0, 0.1) is 13.8 Å². The van der Waals surface area contributed by atoms with Gasteiger partial charge in [0.2, 0.25) is 0 Å². The van der Waals surface area contributed by atoms with Gasteiger partial charge in [-0.1, -0.05) is 6.07 Å². The smallest absolute Gasteiger partial charge is 0.321 e. The van der Waals surface area contributed by atoms with Crippen LogP contribution in [0.3, 0.4) is 0 Å². The van der Waals surface area contributed by atoms with Crippen molar-refractivity contribution in [3.8, 4) is 0 Å². The Kier molecular flexibility index (Phi) is 5.28. The van der Waals surface area contributed by atoms with Crippen molar-refractivity contribution in [3.63, 3.8) is 0 Å². The lowest BCUT2D eigenvalue weighted by Gasteiger charge is -2.22. The summed E-state index contributed by atoms with van der Waals surface area (Å²) in [4.78, 5) is 20.6. The third kappa shape index (κ3) is 4.05. The molecule has 1 aliphatic rings. The third-order valence-electron chi connectivity index (χ3n) is 4.31. The summed E-state index contributed by atoms with van der Waals surface area (Å²) >= 11 is 0. The van der Waals surface area contributed by atoms with Crippen LogP contribution in [0.5, 0.6) is 0 Å². The second-order valence-corrected chi connectivity index (χ2v) is 8.37. The van der Waals surface area contributed by atoms with Gasteiger partial charge in [-0.2, -0.15) is 4.31 Å². The molecule has 9 heteroatoms. The Bertz CT molecular complexity index is 860. The summed E-state index contributed by atoms with van der Waals surface area (Å²) in [7, 11) is -3.60. The van der Waals surface area contributed by atoms with E-state index in [2.05, 4.69) is 15.3 Å². The first-order valence-corrected chi connectivity index (χ1v) is 9.93. The molecule has 2 N–H and O–H groups in total. The van der Waals surface area contributed by atoms with Crippen molar-refractivity contribution in [2.75, 3.05) is 31.5 Å².